The highest BCUT2D eigenvalue weighted by Crippen LogP contribution is 2.22. The van der Waals surface area contributed by atoms with Crippen LogP contribution in [0.1, 0.15) is 18.9 Å². The summed E-state index contributed by atoms with van der Waals surface area (Å²) in [6.07, 6.45) is 4.60. The molecule has 0 bridgehead atoms. The van der Waals surface area contributed by atoms with Gasteiger partial charge in [0.1, 0.15) is 5.82 Å². The zero-order chi connectivity index (χ0) is 13.7. The molecule has 0 unspecified atom stereocenters. The first kappa shape index (κ1) is 13.3. The Morgan fingerprint density at radius 3 is 2.58 bits per heavy atom. The molecule has 0 amide bonds. The van der Waals surface area contributed by atoms with E-state index in [2.05, 4.69) is 53.4 Å². The van der Waals surface area contributed by atoms with Gasteiger partial charge >= 0.3 is 0 Å². The van der Waals surface area contributed by atoms with Crippen LogP contribution in [-0.4, -0.2) is 23.6 Å². The van der Waals surface area contributed by atoms with Crippen molar-refractivity contribution in [1.29, 1.82) is 0 Å². The van der Waals surface area contributed by atoms with E-state index in [1.807, 2.05) is 11.9 Å². The molecule has 0 spiro atoms. The predicted molar refractivity (Wildman–Crippen MR) is 80.1 cm³/mol. The molecule has 1 aromatic heterocycles. The van der Waals surface area contributed by atoms with Crippen LogP contribution in [0.4, 0.5) is 17.3 Å². The summed E-state index contributed by atoms with van der Waals surface area (Å²) in [6.45, 7) is 5.12. The molecular formula is C15H20N4. The molecule has 100 valence electrons. The van der Waals surface area contributed by atoms with Crippen LogP contribution >= 0.6 is 0 Å². The van der Waals surface area contributed by atoms with Crippen LogP contribution in [0.15, 0.2) is 36.7 Å². The number of rotatable bonds is 5. The maximum Gasteiger partial charge on any atom is 0.153 e. The minimum absolute atomic E-state index is 0.818. The lowest BCUT2D eigenvalue weighted by Gasteiger charge is -2.18. The summed E-state index contributed by atoms with van der Waals surface area (Å²) in [7, 11) is 2.00. The molecule has 2 rings (SSSR count). The highest BCUT2D eigenvalue weighted by Gasteiger charge is 2.06. The van der Waals surface area contributed by atoms with Gasteiger partial charge in [0.2, 0.25) is 0 Å². The zero-order valence-electron chi connectivity index (χ0n) is 11.7. The molecule has 1 aromatic carbocycles. The van der Waals surface area contributed by atoms with E-state index in [-0.39, 0.29) is 0 Å². The van der Waals surface area contributed by atoms with Gasteiger partial charge in [-0.3, -0.25) is 4.98 Å². The molecule has 0 saturated carbocycles. The normalized spacial score (nSPS) is 10.3. The molecule has 0 radical (unpaired) electrons. The lowest BCUT2D eigenvalue weighted by atomic mass is 10.2. The van der Waals surface area contributed by atoms with Gasteiger partial charge in [-0.05, 0) is 25.5 Å². The molecule has 0 aliphatic carbocycles. The third-order valence-corrected chi connectivity index (χ3v) is 2.94. The van der Waals surface area contributed by atoms with Gasteiger partial charge in [-0.15, -0.1) is 0 Å². The average Bonchev–Trinajstić information content (AvgIpc) is 2.45. The molecule has 1 N–H and O–H groups in total. The molecule has 4 heteroatoms. The summed E-state index contributed by atoms with van der Waals surface area (Å²) < 4.78 is 0. The molecule has 0 aliphatic heterocycles. The summed E-state index contributed by atoms with van der Waals surface area (Å²) in [6, 6.07) is 8.36. The van der Waals surface area contributed by atoms with Crippen molar-refractivity contribution >= 4 is 17.3 Å². The fourth-order valence-corrected chi connectivity index (χ4v) is 1.76. The van der Waals surface area contributed by atoms with E-state index in [0.717, 1.165) is 30.3 Å². The Morgan fingerprint density at radius 2 is 1.89 bits per heavy atom. The first-order chi connectivity index (χ1) is 9.20. The average molecular weight is 256 g/mol. The van der Waals surface area contributed by atoms with Crippen molar-refractivity contribution in [1.82, 2.24) is 9.97 Å². The van der Waals surface area contributed by atoms with Crippen LogP contribution in [0.3, 0.4) is 0 Å². The van der Waals surface area contributed by atoms with E-state index in [1.54, 1.807) is 12.4 Å². The van der Waals surface area contributed by atoms with Crippen molar-refractivity contribution in [3.05, 3.63) is 42.2 Å². The van der Waals surface area contributed by atoms with Gasteiger partial charge in [-0.25, -0.2) is 4.98 Å². The van der Waals surface area contributed by atoms with E-state index in [9.17, 15) is 0 Å². The predicted octanol–water partition coefficient (Wildman–Crippen LogP) is 3.37. The molecule has 2 aromatic rings. The topological polar surface area (TPSA) is 41.1 Å². The minimum Gasteiger partial charge on any atom is -0.369 e. The number of aryl methyl sites for hydroxylation is 1. The van der Waals surface area contributed by atoms with Crippen molar-refractivity contribution < 1.29 is 0 Å². The van der Waals surface area contributed by atoms with E-state index in [4.69, 9.17) is 0 Å². The number of aromatic nitrogens is 2. The highest BCUT2D eigenvalue weighted by atomic mass is 15.2. The SMILES string of the molecule is CCCNc1cncc(N(C)c2ccc(C)cc2)n1. The molecule has 0 saturated heterocycles. The van der Waals surface area contributed by atoms with E-state index >= 15 is 0 Å². The van der Waals surface area contributed by atoms with Crippen molar-refractivity contribution in [3.8, 4) is 0 Å². The summed E-state index contributed by atoms with van der Waals surface area (Å²) in [4.78, 5) is 10.8. The van der Waals surface area contributed by atoms with Gasteiger partial charge in [0.15, 0.2) is 5.82 Å². The smallest absolute Gasteiger partial charge is 0.153 e. The van der Waals surface area contributed by atoms with Gasteiger partial charge in [0, 0.05) is 19.3 Å². The van der Waals surface area contributed by atoms with Crippen LogP contribution < -0.4 is 10.2 Å². The third kappa shape index (κ3) is 3.44. The minimum atomic E-state index is 0.818. The molecule has 19 heavy (non-hydrogen) atoms. The second kappa shape index (κ2) is 6.18. The number of hydrogen-bond acceptors (Lipinski definition) is 4. The number of nitrogens with one attached hydrogen (secondary N) is 1. The number of anilines is 3. The second-order valence-corrected chi connectivity index (χ2v) is 4.58. The number of nitrogens with zero attached hydrogens (tertiary/aromatic N) is 3. The number of benzene rings is 1. The molecule has 0 aliphatic rings. The summed E-state index contributed by atoms with van der Waals surface area (Å²) in [5.74, 6) is 1.66. The third-order valence-electron chi connectivity index (χ3n) is 2.94. The second-order valence-electron chi connectivity index (χ2n) is 4.58. The molecule has 4 nitrogen and oxygen atoms in total. The Hall–Kier alpha value is -2.10. The lowest BCUT2D eigenvalue weighted by molar-refractivity contribution is 0.960. The van der Waals surface area contributed by atoms with Gasteiger partial charge in [0.05, 0.1) is 12.4 Å². The van der Waals surface area contributed by atoms with Crippen molar-refractivity contribution in [2.24, 2.45) is 0 Å². The zero-order valence-corrected chi connectivity index (χ0v) is 11.7. The Balaban J connectivity index is 2.18. The highest BCUT2D eigenvalue weighted by molar-refractivity contribution is 5.59. The van der Waals surface area contributed by atoms with Crippen LogP contribution in [-0.2, 0) is 0 Å². The van der Waals surface area contributed by atoms with Crippen molar-refractivity contribution in [3.63, 3.8) is 0 Å². The van der Waals surface area contributed by atoms with Gasteiger partial charge in [0.25, 0.3) is 0 Å². The van der Waals surface area contributed by atoms with Crippen molar-refractivity contribution in [2.75, 3.05) is 23.8 Å². The summed E-state index contributed by atoms with van der Waals surface area (Å²) in [5, 5.41) is 3.25. The van der Waals surface area contributed by atoms with Gasteiger partial charge in [-0.2, -0.15) is 0 Å². The Morgan fingerprint density at radius 1 is 1.16 bits per heavy atom. The van der Waals surface area contributed by atoms with Crippen LogP contribution in [0.25, 0.3) is 0 Å². The standard InChI is InChI=1S/C15H20N4/c1-4-9-17-14-10-16-11-15(18-14)19(3)13-7-5-12(2)6-8-13/h5-8,10-11H,4,9H2,1-3H3,(H,17,18). The quantitative estimate of drug-likeness (QED) is 0.890. The Labute approximate surface area is 114 Å². The Bertz CT molecular complexity index is 522. The van der Waals surface area contributed by atoms with E-state index < -0.39 is 0 Å². The maximum absolute atomic E-state index is 4.56. The van der Waals surface area contributed by atoms with Gasteiger partial charge < -0.3 is 10.2 Å². The monoisotopic (exact) mass is 256 g/mol. The summed E-state index contributed by atoms with van der Waals surface area (Å²) in [5.41, 5.74) is 2.36. The summed E-state index contributed by atoms with van der Waals surface area (Å²) >= 11 is 0. The lowest BCUT2D eigenvalue weighted by Crippen LogP contribution is -2.13. The van der Waals surface area contributed by atoms with Crippen LogP contribution in [0.2, 0.25) is 0 Å². The molecule has 1 heterocycles. The number of hydrogen-bond donors (Lipinski definition) is 1. The van der Waals surface area contributed by atoms with E-state index in [1.165, 1.54) is 5.56 Å². The van der Waals surface area contributed by atoms with Gasteiger partial charge in [-0.1, -0.05) is 24.6 Å². The van der Waals surface area contributed by atoms with Crippen LogP contribution in [0, 0.1) is 6.92 Å². The Kier molecular flexibility index (Phi) is 4.34. The fraction of sp³-hybridized carbons (Fsp3) is 0.333. The fourth-order valence-electron chi connectivity index (χ4n) is 1.76. The van der Waals surface area contributed by atoms with Crippen LogP contribution in [0.5, 0.6) is 0 Å². The van der Waals surface area contributed by atoms with E-state index in [0.29, 0.717) is 0 Å². The largest absolute Gasteiger partial charge is 0.369 e. The van der Waals surface area contributed by atoms with Crippen molar-refractivity contribution in [2.45, 2.75) is 20.3 Å². The maximum atomic E-state index is 4.56. The molecule has 0 fully saturated rings. The first-order valence-corrected chi connectivity index (χ1v) is 6.57. The molecule has 0 atom stereocenters. The first-order valence-electron chi connectivity index (χ1n) is 6.57. The molecular weight excluding hydrogens is 236 g/mol.